The second-order valence-corrected chi connectivity index (χ2v) is 5.52. The van der Waals surface area contributed by atoms with Gasteiger partial charge in [-0.2, -0.15) is 5.10 Å². The van der Waals surface area contributed by atoms with Crippen LogP contribution in [0.5, 0.6) is 5.75 Å². The predicted molar refractivity (Wildman–Crippen MR) is 93.5 cm³/mol. The Hall–Kier alpha value is -2.08. The number of anilines is 1. The van der Waals surface area contributed by atoms with Gasteiger partial charge in [0.2, 0.25) is 0 Å². The maximum Gasteiger partial charge on any atom is 0.170 e. The number of thiocarbonyl (C=S) groups is 1. The molecule has 0 saturated carbocycles. The van der Waals surface area contributed by atoms with E-state index in [1.54, 1.807) is 7.11 Å². The van der Waals surface area contributed by atoms with E-state index in [0.29, 0.717) is 5.11 Å². The number of hydrogen-bond acceptors (Lipinski definition) is 3. The summed E-state index contributed by atoms with van der Waals surface area (Å²) >= 11 is 5.28. The van der Waals surface area contributed by atoms with Crippen LogP contribution in [0.4, 0.5) is 5.69 Å². The third kappa shape index (κ3) is 4.73. The Bertz CT molecular complexity index is 622. The van der Waals surface area contributed by atoms with E-state index in [9.17, 15) is 0 Å². The first kappa shape index (κ1) is 16.3. The summed E-state index contributed by atoms with van der Waals surface area (Å²) in [5, 5.41) is 11.4. The number of nitrogens with zero attached hydrogens (tertiary/aromatic N) is 2. The fourth-order valence-electron chi connectivity index (χ4n) is 2.18. The number of rotatable bonds is 6. The van der Waals surface area contributed by atoms with Crippen molar-refractivity contribution in [1.29, 1.82) is 0 Å². The molecule has 1 aromatic heterocycles. The lowest BCUT2D eigenvalue weighted by atomic mass is 10.3. The number of aryl methyl sites for hydroxylation is 3. The Morgan fingerprint density at radius 1 is 1.27 bits per heavy atom. The van der Waals surface area contributed by atoms with Crippen molar-refractivity contribution >= 4 is 23.0 Å². The Balaban J connectivity index is 1.70. The quantitative estimate of drug-likeness (QED) is 0.633. The van der Waals surface area contributed by atoms with Gasteiger partial charge in [-0.3, -0.25) is 4.68 Å². The van der Waals surface area contributed by atoms with E-state index in [2.05, 4.69) is 28.7 Å². The van der Waals surface area contributed by atoms with Gasteiger partial charge in [0.25, 0.3) is 0 Å². The lowest BCUT2D eigenvalue weighted by Crippen LogP contribution is -2.29. The molecular weight excluding hydrogens is 296 g/mol. The van der Waals surface area contributed by atoms with E-state index in [1.165, 1.54) is 5.69 Å². The maximum absolute atomic E-state index is 5.28. The van der Waals surface area contributed by atoms with E-state index in [0.717, 1.165) is 36.6 Å². The zero-order valence-corrected chi connectivity index (χ0v) is 14.0. The average Bonchev–Trinajstić information content (AvgIpc) is 2.82. The molecule has 0 bridgehead atoms. The Morgan fingerprint density at radius 3 is 2.59 bits per heavy atom. The van der Waals surface area contributed by atoms with Crippen LogP contribution in [0.15, 0.2) is 30.3 Å². The minimum absolute atomic E-state index is 0.624. The molecule has 0 spiro atoms. The van der Waals surface area contributed by atoms with Crippen molar-refractivity contribution < 1.29 is 4.74 Å². The molecule has 0 atom stereocenters. The minimum Gasteiger partial charge on any atom is -0.497 e. The third-order valence-corrected chi connectivity index (χ3v) is 3.53. The molecule has 2 aromatic rings. The highest BCUT2D eigenvalue weighted by molar-refractivity contribution is 7.80. The predicted octanol–water partition coefficient (Wildman–Crippen LogP) is 2.89. The summed E-state index contributed by atoms with van der Waals surface area (Å²) in [7, 11) is 1.65. The highest BCUT2D eigenvalue weighted by Gasteiger charge is 2.01. The van der Waals surface area contributed by atoms with Crippen molar-refractivity contribution in [3.05, 3.63) is 41.7 Å². The topological polar surface area (TPSA) is 51.1 Å². The van der Waals surface area contributed by atoms with Crippen LogP contribution in [-0.4, -0.2) is 28.5 Å². The molecule has 0 fully saturated rings. The summed E-state index contributed by atoms with van der Waals surface area (Å²) in [5.41, 5.74) is 3.19. The lowest BCUT2D eigenvalue weighted by molar-refractivity contribution is 0.415. The van der Waals surface area contributed by atoms with E-state index < -0.39 is 0 Å². The molecular formula is C16H22N4OS. The summed E-state index contributed by atoms with van der Waals surface area (Å²) < 4.78 is 7.15. The molecule has 1 aromatic carbocycles. The average molecular weight is 318 g/mol. The maximum atomic E-state index is 5.28. The van der Waals surface area contributed by atoms with Crippen LogP contribution in [-0.2, 0) is 6.54 Å². The molecule has 5 nitrogen and oxygen atoms in total. The first-order valence-electron chi connectivity index (χ1n) is 7.28. The fraction of sp³-hybridized carbons (Fsp3) is 0.375. The van der Waals surface area contributed by atoms with E-state index in [1.807, 2.05) is 35.9 Å². The zero-order valence-electron chi connectivity index (χ0n) is 13.2. The third-order valence-electron chi connectivity index (χ3n) is 3.28. The molecule has 1 heterocycles. The van der Waals surface area contributed by atoms with Crippen LogP contribution < -0.4 is 15.4 Å². The van der Waals surface area contributed by atoms with Crippen molar-refractivity contribution in [1.82, 2.24) is 15.1 Å². The molecule has 0 amide bonds. The van der Waals surface area contributed by atoms with E-state index >= 15 is 0 Å². The normalized spacial score (nSPS) is 10.3. The number of ether oxygens (including phenoxy) is 1. The monoisotopic (exact) mass is 318 g/mol. The van der Waals surface area contributed by atoms with Gasteiger partial charge in [0.05, 0.1) is 12.8 Å². The first-order valence-corrected chi connectivity index (χ1v) is 7.69. The van der Waals surface area contributed by atoms with Gasteiger partial charge >= 0.3 is 0 Å². The van der Waals surface area contributed by atoms with Gasteiger partial charge in [-0.15, -0.1) is 0 Å². The smallest absolute Gasteiger partial charge is 0.170 e. The summed E-state index contributed by atoms with van der Waals surface area (Å²) in [6.45, 7) is 5.77. The number of methoxy groups -OCH3 is 1. The van der Waals surface area contributed by atoms with E-state index in [-0.39, 0.29) is 0 Å². The van der Waals surface area contributed by atoms with Gasteiger partial charge < -0.3 is 15.4 Å². The minimum atomic E-state index is 0.624. The van der Waals surface area contributed by atoms with E-state index in [4.69, 9.17) is 17.0 Å². The van der Waals surface area contributed by atoms with Gasteiger partial charge in [-0.25, -0.2) is 0 Å². The fourth-order valence-corrected chi connectivity index (χ4v) is 2.40. The van der Waals surface area contributed by atoms with Crippen LogP contribution in [0.25, 0.3) is 0 Å². The molecule has 22 heavy (non-hydrogen) atoms. The summed E-state index contributed by atoms with van der Waals surface area (Å²) in [4.78, 5) is 0. The summed E-state index contributed by atoms with van der Waals surface area (Å²) in [6, 6.07) is 9.75. The van der Waals surface area contributed by atoms with Crippen LogP contribution in [0.1, 0.15) is 17.8 Å². The summed E-state index contributed by atoms with van der Waals surface area (Å²) in [5.74, 6) is 0.828. The molecule has 0 aliphatic rings. The van der Waals surface area contributed by atoms with Crippen molar-refractivity contribution in [2.75, 3.05) is 19.0 Å². The molecule has 6 heteroatoms. The number of hydrogen-bond donors (Lipinski definition) is 2. The lowest BCUT2D eigenvalue weighted by Gasteiger charge is -2.11. The van der Waals surface area contributed by atoms with Crippen LogP contribution >= 0.6 is 12.2 Å². The Morgan fingerprint density at radius 2 is 2.00 bits per heavy atom. The van der Waals surface area contributed by atoms with Crippen LogP contribution in [0.3, 0.4) is 0 Å². The highest BCUT2D eigenvalue weighted by atomic mass is 32.1. The van der Waals surface area contributed by atoms with Crippen molar-refractivity contribution in [2.24, 2.45) is 0 Å². The van der Waals surface area contributed by atoms with Crippen molar-refractivity contribution in [3.63, 3.8) is 0 Å². The number of aromatic nitrogens is 2. The number of nitrogens with one attached hydrogen (secondary N) is 2. The molecule has 0 aliphatic heterocycles. The molecule has 2 N–H and O–H groups in total. The van der Waals surface area contributed by atoms with Gasteiger partial charge in [0, 0.05) is 24.5 Å². The molecule has 0 radical (unpaired) electrons. The molecule has 118 valence electrons. The SMILES string of the molecule is COc1ccc(NC(=S)NCCCn2nc(C)cc2C)cc1. The van der Waals surface area contributed by atoms with Crippen LogP contribution in [0, 0.1) is 13.8 Å². The zero-order chi connectivity index (χ0) is 15.9. The van der Waals surface area contributed by atoms with Gasteiger partial charge in [0.1, 0.15) is 5.75 Å². The molecule has 0 unspecified atom stereocenters. The van der Waals surface area contributed by atoms with Crippen molar-refractivity contribution in [3.8, 4) is 5.75 Å². The standard InChI is InChI=1S/C16H22N4OS/c1-12-11-13(2)20(19-12)10-4-9-17-16(22)18-14-5-7-15(21-3)8-6-14/h5-8,11H,4,9-10H2,1-3H3,(H2,17,18,22). The highest BCUT2D eigenvalue weighted by Crippen LogP contribution is 2.14. The van der Waals surface area contributed by atoms with Crippen LogP contribution in [0.2, 0.25) is 0 Å². The number of benzene rings is 1. The van der Waals surface area contributed by atoms with Gasteiger partial charge in [0.15, 0.2) is 5.11 Å². The largest absolute Gasteiger partial charge is 0.497 e. The van der Waals surface area contributed by atoms with Gasteiger partial charge in [-0.05, 0) is 62.8 Å². The molecule has 2 rings (SSSR count). The second kappa shape index (κ2) is 7.79. The Kier molecular flexibility index (Phi) is 5.77. The second-order valence-electron chi connectivity index (χ2n) is 5.11. The summed E-state index contributed by atoms with van der Waals surface area (Å²) in [6.07, 6.45) is 0.965. The Labute approximate surface area is 136 Å². The first-order chi connectivity index (χ1) is 10.6. The molecule has 0 saturated heterocycles. The van der Waals surface area contributed by atoms with Gasteiger partial charge in [-0.1, -0.05) is 0 Å². The molecule has 0 aliphatic carbocycles. The van der Waals surface area contributed by atoms with Crippen molar-refractivity contribution in [2.45, 2.75) is 26.8 Å².